The molecule has 0 saturated carbocycles. The maximum absolute atomic E-state index is 13.3. The van der Waals surface area contributed by atoms with Crippen LogP contribution in [0.3, 0.4) is 0 Å². The number of benzene rings is 2. The van der Waals surface area contributed by atoms with Crippen LogP contribution in [0.15, 0.2) is 42.5 Å². The van der Waals surface area contributed by atoms with Crippen molar-refractivity contribution in [2.24, 2.45) is 0 Å². The minimum absolute atomic E-state index is 0.225. The molecule has 0 aliphatic heterocycles. The zero-order valence-electron chi connectivity index (χ0n) is 9.87. The molecule has 0 aliphatic rings. The smallest absolute Gasteiger partial charge is 0.123 e. The fourth-order valence-electron chi connectivity index (χ4n) is 1.94. The van der Waals surface area contributed by atoms with Crippen LogP contribution in [0.1, 0.15) is 25.3 Å². The van der Waals surface area contributed by atoms with Crippen LogP contribution in [0.5, 0.6) is 0 Å². The molecule has 0 bridgehead atoms. The summed E-state index contributed by atoms with van der Waals surface area (Å²) in [6.45, 7) is 4.23. The summed E-state index contributed by atoms with van der Waals surface area (Å²) in [5.74, 6) is 0.155. The molecule has 0 amide bonds. The molecule has 0 saturated heterocycles. The van der Waals surface area contributed by atoms with Gasteiger partial charge in [-0.15, -0.1) is 0 Å². The third-order valence-electron chi connectivity index (χ3n) is 2.77. The second kappa shape index (κ2) is 4.89. The monoisotopic (exact) mass is 248 g/mol. The van der Waals surface area contributed by atoms with Crippen molar-refractivity contribution in [2.45, 2.75) is 19.8 Å². The Balaban J connectivity index is 2.61. The van der Waals surface area contributed by atoms with Gasteiger partial charge in [0.15, 0.2) is 0 Å². The van der Waals surface area contributed by atoms with Crippen LogP contribution in [-0.4, -0.2) is 0 Å². The molecule has 0 radical (unpaired) electrons. The summed E-state index contributed by atoms with van der Waals surface area (Å²) in [4.78, 5) is 0. The van der Waals surface area contributed by atoms with Gasteiger partial charge in [0.1, 0.15) is 5.82 Å². The van der Waals surface area contributed by atoms with Crippen molar-refractivity contribution < 1.29 is 4.39 Å². The van der Waals surface area contributed by atoms with Crippen molar-refractivity contribution in [1.82, 2.24) is 0 Å². The molecule has 88 valence electrons. The lowest BCUT2D eigenvalue weighted by molar-refractivity contribution is 0.628. The Morgan fingerprint density at radius 3 is 2.47 bits per heavy atom. The van der Waals surface area contributed by atoms with Gasteiger partial charge in [0, 0.05) is 5.02 Å². The number of halogens is 2. The van der Waals surface area contributed by atoms with Gasteiger partial charge >= 0.3 is 0 Å². The van der Waals surface area contributed by atoms with E-state index in [2.05, 4.69) is 13.8 Å². The molecule has 0 fully saturated rings. The number of hydrogen-bond acceptors (Lipinski definition) is 0. The van der Waals surface area contributed by atoms with E-state index in [0.717, 1.165) is 11.1 Å². The van der Waals surface area contributed by atoms with Gasteiger partial charge in [0.2, 0.25) is 0 Å². The molecule has 0 aliphatic carbocycles. The molecule has 2 aromatic carbocycles. The Morgan fingerprint density at radius 1 is 1.06 bits per heavy atom. The molecular formula is C15H14ClF. The van der Waals surface area contributed by atoms with Crippen LogP contribution < -0.4 is 0 Å². The summed E-state index contributed by atoms with van der Waals surface area (Å²) in [6.07, 6.45) is 0. The minimum atomic E-state index is -0.225. The summed E-state index contributed by atoms with van der Waals surface area (Å²) >= 11 is 6.02. The lowest BCUT2D eigenvalue weighted by Crippen LogP contribution is -1.92. The van der Waals surface area contributed by atoms with E-state index in [4.69, 9.17) is 11.6 Å². The van der Waals surface area contributed by atoms with Gasteiger partial charge in [-0.25, -0.2) is 4.39 Å². The first kappa shape index (κ1) is 12.1. The van der Waals surface area contributed by atoms with Crippen molar-refractivity contribution in [3.8, 4) is 11.1 Å². The van der Waals surface area contributed by atoms with Crippen LogP contribution in [0, 0.1) is 5.82 Å². The second-order valence-electron chi connectivity index (χ2n) is 4.40. The third-order valence-corrected chi connectivity index (χ3v) is 3.01. The largest absolute Gasteiger partial charge is 0.207 e. The molecule has 0 nitrogen and oxygen atoms in total. The summed E-state index contributed by atoms with van der Waals surface area (Å²) in [5, 5.41) is 0.675. The third kappa shape index (κ3) is 2.67. The summed E-state index contributed by atoms with van der Waals surface area (Å²) < 4.78 is 13.3. The maximum atomic E-state index is 13.3. The predicted octanol–water partition coefficient (Wildman–Crippen LogP) is 5.27. The maximum Gasteiger partial charge on any atom is 0.123 e. The van der Waals surface area contributed by atoms with Crippen LogP contribution in [0.4, 0.5) is 4.39 Å². The SMILES string of the molecule is CC(C)c1ccc(Cl)cc1-c1cccc(F)c1. The van der Waals surface area contributed by atoms with E-state index < -0.39 is 0 Å². The van der Waals surface area contributed by atoms with Crippen molar-refractivity contribution in [1.29, 1.82) is 0 Å². The van der Waals surface area contributed by atoms with Gasteiger partial charge < -0.3 is 0 Å². The normalized spacial score (nSPS) is 10.9. The van der Waals surface area contributed by atoms with Gasteiger partial charge in [0.25, 0.3) is 0 Å². The number of rotatable bonds is 2. The highest BCUT2D eigenvalue weighted by atomic mass is 35.5. The quantitative estimate of drug-likeness (QED) is 0.679. The molecule has 0 heterocycles. The molecule has 17 heavy (non-hydrogen) atoms. The first-order valence-electron chi connectivity index (χ1n) is 5.63. The average Bonchev–Trinajstić information content (AvgIpc) is 2.28. The van der Waals surface area contributed by atoms with E-state index in [0.29, 0.717) is 10.9 Å². The van der Waals surface area contributed by atoms with E-state index in [-0.39, 0.29) is 5.82 Å². The van der Waals surface area contributed by atoms with Crippen LogP contribution in [-0.2, 0) is 0 Å². The van der Waals surface area contributed by atoms with Crippen LogP contribution in [0.25, 0.3) is 11.1 Å². The van der Waals surface area contributed by atoms with E-state index in [1.165, 1.54) is 17.7 Å². The van der Waals surface area contributed by atoms with E-state index in [1.807, 2.05) is 24.3 Å². The second-order valence-corrected chi connectivity index (χ2v) is 4.83. The fourth-order valence-corrected chi connectivity index (χ4v) is 2.11. The summed E-state index contributed by atoms with van der Waals surface area (Å²) in [7, 11) is 0. The Bertz CT molecular complexity index is 532. The van der Waals surface area contributed by atoms with Gasteiger partial charge in [-0.3, -0.25) is 0 Å². The lowest BCUT2D eigenvalue weighted by Gasteiger charge is -2.13. The zero-order valence-corrected chi connectivity index (χ0v) is 10.6. The molecule has 0 unspecified atom stereocenters. The highest BCUT2D eigenvalue weighted by Gasteiger charge is 2.09. The van der Waals surface area contributed by atoms with E-state index in [1.54, 1.807) is 6.07 Å². The lowest BCUT2D eigenvalue weighted by atomic mass is 9.93. The van der Waals surface area contributed by atoms with E-state index >= 15 is 0 Å². The molecule has 0 atom stereocenters. The molecule has 2 rings (SSSR count). The predicted molar refractivity (Wildman–Crippen MR) is 70.9 cm³/mol. The van der Waals surface area contributed by atoms with Gasteiger partial charge in [0.05, 0.1) is 0 Å². The molecule has 0 spiro atoms. The Kier molecular flexibility index (Phi) is 3.49. The molecule has 0 aromatic heterocycles. The molecule has 0 N–H and O–H groups in total. The Hall–Kier alpha value is -1.34. The standard InChI is InChI=1S/C15H14ClF/c1-10(2)14-7-6-12(16)9-15(14)11-4-3-5-13(17)8-11/h3-10H,1-2H3. The molecular weight excluding hydrogens is 235 g/mol. The summed E-state index contributed by atoms with van der Waals surface area (Å²) in [6, 6.07) is 12.4. The van der Waals surface area contributed by atoms with Crippen molar-refractivity contribution in [3.05, 3.63) is 58.9 Å². The Morgan fingerprint density at radius 2 is 1.82 bits per heavy atom. The fraction of sp³-hybridized carbons (Fsp3) is 0.200. The van der Waals surface area contributed by atoms with Crippen LogP contribution >= 0.6 is 11.6 Å². The minimum Gasteiger partial charge on any atom is -0.207 e. The number of hydrogen-bond donors (Lipinski definition) is 0. The van der Waals surface area contributed by atoms with Gasteiger partial charge in [-0.2, -0.15) is 0 Å². The zero-order chi connectivity index (χ0) is 12.4. The van der Waals surface area contributed by atoms with Crippen LogP contribution in [0.2, 0.25) is 5.02 Å². The molecule has 2 heteroatoms. The van der Waals surface area contributed by atoms with Crippen molar-refractivity contribution in [3.63, 3.8) is 0 Å². The average molecular weight is 249 g/mol. The van der Waals surface area contributed by atoms with Gasteiger partial charge in [-0.1, -0.05) is 43.6 Å². The van der Waals surface area contributed by atoms with Crippen molar-refractivity contribution >= 4 is 11.6 Å². The van der Waals surface area contributed by atoms with E-state index in [9.17, 15) is 4.39 Å². The summed E-state index contributed by atoms with van der Waals surface area (Å²) in [5.41, 5.74) is 3.06. The first-order chi connectivity index (χ1) is 8.08. The van der Waals surface area contributed by atoms with Gasteiger partial charge in [-0.05, 0) is 46.9 Å². The van der Waals surface area contributed by atoms with Crippen molar-refractivity contribution in [2.75, 3.05) is 0 Å². The first-order valence-corrected chi connectivity index (χ1v) is 6.01. The topological polar surface area (TPSA) is 0 Å². The highest BCUT2D eigenvalue weighted by Crippen LogP contribution is 2.31. The Labute approximate surface area is 106 Å². The molecule has 2 aromatic rings. The highest BCUT2D eigenvalue weighted by molar-refractivity contribution is 6.30.